The largest absolute Gasteiger partial charge is 0.385 e. The van der Waals surface area contributed by atoms with Gasteiger partial charge in [0.1, 0.15) is 11.8 Å². The molecule has 3 atom stereocenters. The van der Waals surface area contributed by atoms with E-state index in [1.807, 2.05) is 12.1 Å². The van der Waals surface area contributed by atoms with E-state index in [4.69, 9.17) is 5.26 Å². The van der Waals surface area contributed by atoms with Crippen LogP contribution in [0.25, 0.3) is 0 Å². The second-order valence-electron chi connectivity index (χ2n) is 5.36. The Kier molecular flexibility index (Phi) is 2.72. The van der Waals surface area contributed by atoms with E-state index in [9.17, 15) is 0 Å². The Balaban J connectivity index is 1.59. The van der Waals surface area contributed by atoms with Gasteiger partial charge in [-0.15, -0.1) is 0 Å². The van der Waals surface area contributed by atoms with Crippen molar-refractivity contribution in [2.45, 2.75) is 25.7 Å². The summed E-state index contributed by atoms with van der Waals surface area (Å²) in [7, 11) is 0. The molecule has 3 heteroatoms. The second-order valence-corrected chi connectivity index (χ2v) is 5.36. The summed E-state index contributed by atoms with van der Waals surface area (Å²) in [5.41, 5.74) is 1.52. The number of nitrogens with one attached hydrogen (secondary N) is 1. The molecule has 2 bridgehead atoms. The van der Waals surface area contributed by atoms with Crippen LogP contribution in [0.15, 0.2) is 18.3 Å². The molecule has 17 heavy (non-hydrogen) atoms. The van der Waals surface area contributed by atoms with E-state index in [2.05, 4.69) is 16.4 Å². The molecule has 2 fully saturated rings. The summed E-state index contributed by atoms with van der Waals surface area (Å²) in [6, 6.07) is 5.84. The third-order valence-electron chi connectivity index (χ3n) is 4.33. The smallest absolute Gasteiger partial charge is 0.142 e. The molecule has 1 aromatic rings. The van der Waals surface area contributed by atoms with E-state index in [0.29, 0.717) is 5.69 Å². The molecule has 0 saturated heterocycles. The van der Waals surface area contributed by atoms with Crippen LogP contribution in [-0.2, 0) is 0 Å². The Labute approximate surface area is 102 Å². The summed E-state index contributed by atoms with van der Waals surface area (Å²) < 4.78 is 0. The van der Waals surface area contributed by atoms with Gasteiger partial charge in [-0.1, -0.05) is 6.42 Å². The van der Waals surface area contributed by atoms with Crippen LogP contribution in [0.2, 0.25) is 0 Å². The van der Waals surface area contributed by atoms with Crippen LogP contribution in [0.5, 0.6) is 0 Å². The van der Waals surface area contributed by atoms with Crippen LogP contribution in [0, 0.1) is 29.1 Å². The molecule has 0 spiro atoms. The maximum absolute atomic E-state index is 8.79. The molecule has 88 valence electrons. The first-order valence-corrected chi connectivity index (χ1v) is 6.45. The maximum Gasteiger partial charge on any atom is 0.142 e. The molecule has 0 amide bonds. The molecule has 2 saturated carbocycles. The number of anilines is 1. The number of hydrogen-bond donors (Lipinski definition) is 1. The molecule has 3 rings (SSSR count). The molecule has 0 radical (unpaired) electrons. The summed E-state index contributed by atoms with van der Waals surface area (Å²) in [6.07, 6.45) is 7.42. The van der Waals surface area contributed by atoms with Gasteiger partial charge in [0.25, 0.3) is 0 Å². The van der Waals surface area contributed by atoms with Crippen LogP contribution < -0.4 is 5.32 Å². The standard InChI is InChI=1S/C14H17N3/c15-8-14-7-13(3-4-16-14)17-9-12-6-10-1-2-11(12)5-10/h3-4,7,10-12H,1-2,5-6,9H2,(H,16,17). The zero-order valence-electron chi connectivity index (χ0n) is 9.89. The number of rotatable bonds is 3. The fraction of sp³-hybridized carbons (Fsp3) is 0.571. The summed E-state index contributed by atoms with van der Waals surface area (Å²) in [6.45, 7) is 1.05. The molecule has 0 aromatic carbocycles. The van der Waals surface area contributed by atoms with Crippen molar-refractivity contribution in [3.8, 4) is 6.07 Å². The summed E-state index contributed by atoms with van der Waals surface area (Å²) in [5, 5.41) is 12.2. The van der Waals surface area contributed by atoms with Gasteiger partial charge in [0.2, 0.25) is 0 Å². The van der Waals surface area contributed by atoms with Gasteiger partial charge in [-0.05, 0) is 49.1 Å². The normalized spacial score (nSPS) is 30.2. The first-order valence-electron chi connectivity index (χ1n) is 6.45. The van der Waals surface area contributed by atoms with E-state index >= 15 is 0 Å². The van der Waals surface area contributed by atoms with Crippen molar-refractivity contribution in [2.75, 3.05) is 11.9 Å². The zero-order chi connectivity index (χ0) is 11.7. The summed E-state index contributed by atoms with van der Waals surface area (Å²) in [5.74, 6) is 2.79. The molecule has 3 unspecified atom stereocenters. The van der Waals surface area contributed by atoms with Gasteiger partial charge >= 0.3 is 0 Å². The molecule has 2 aliphatic rings. The van der Waals surface area contributed by atoms with Crippen molar-refractivity contribution in [3.05, 3.63) is 24.0 Å². The van der Waals surface area contributed by atoms with Crippen molar-refractivity contribution in [1.29, 1.82) is 5.26 Å². The van der Waals surface area contributed by atoms with E-state index in [1.165, 1.54) is 25.7 Å². The zero-order valence-corrected chi connectivity index (χ0v) is 9.89. The quantitative estimate of drug-likeness (QED) is 0.863. The highest BCUT2D eigenvalue weighted by Crippen LogP contribution is 2.48. The van der Waals surface area contributed by atoms with Crippen molar-refractivity contribution < 1.29 is 0 Å². The lowest BCUT2D eigenvalue weighted by Gasteiger charge is -2.22. The molecule has 2 aliphatic carbocycles. The SMILES string of the molecule is N#Cc1cc(NCC2CC3CCC2C3)ccn1. The molecule has 3 nitrogen and oxygen atoms in total. The van der Waals surface area contributed by atoms with Crippen LogP contribution in [0.1, 0.15) is 31.4 Å². The van der Waals surface area contributed by atoms with E-state index in [0.717, 1.165) is 30.0 Å². The minimum absolute atomic E-state index is 0.489. The number of hydrogen-bond acceptors (Lipinski definition) is 3. The predicted octanol–water partition coefficient (Wildman–Crippen LogP) is 2.80. The predicted molar refractivity (Wildman–Crippen MR) is 66.4 cm³/mol. The first kappa shape index (κ1) is 10.6. The number of nitriles is 1. The fourth-order valence-corrected chi connectivity index (χ4v) is 3.48. The van der Waals surface area contributed by atoms with E-state index < -0.39 is 0 Å². The number of nitrogens with zero attached hydrogens (tertiary/aromatic N) is 2. The van der Waals surface area contributed by atoms with Crippen LogP contribution in [0.3, 0.4) is 0 Å². The van der Waals surface area contributed by atoms with Crippen LogP contribution in [0.4, 0.5) is 5.69 Å². The van der Waals surface area contributed by atoms with E-state index in [1.54, 1.807) is 6.20 Å². The second kappa shape index (κ2) is 4.37. The Morgan fingerprint density at radius 3 is 3.06 bits per heavy atom. The summed E-state index contributed by atoms with van der Waals surface area (Å²) >= 11 is 0. The number of pyridine rings is 1. The monoisotopic (exact) mass is 227 g/mol. The summed E-state index contributed by atoms with van der Waals surface area (Å²) in [4.78, 5) is 3.97. The van der Waals surface area contributed by atoms with Crippen LogP contribution in [-0.4, -0.2) is 11.5 Å². The molecular weight excluding hydrogens is 210 g/mol. The third kappa shape index (κ3) is 2.12. The van der Waals surface area contributed by atoms with Gasteiger partial charge in [0.15, 0.2) is 0 Å². The third-order valence-corrected chi connectivity index (χ3v) is 4.33. The minimum Gasteiger partial charge on any atom is -0.385 e. The van der Waals surface area contributed by atoms with E-state index in [-0.39, 0.29) is 0 Å². The Hall–Kier alpha value is -1.56. The lowest BCUT2D eigenvalue weighted by atomic mass is 9.89. The topological polar surface area (TPSA) is 48.7 Å². The highest BCUT2D eigenvalue weighted by Gasteiger charge is 2.38. The average molecular weight is 227 g/mol. The van der Waals surface area contributed by atoms with Gasteiger partial charge in [-0.25, -0.2) is 4.98 Å². The van der Waals surface area contributed by atoms with Gasteiger partial charge in [-0.2, -0.15) is 5.26 Å². The van der Waals surface area contributed by atoms with Gasteiger partial charge in [0, 0.05) is 18.4 Å². The Morgan fingerprint density at radius 1 is 1.41 bits per heavy atom. The van der Waals surface area contributed by atoms with Crippen molar-refractivity contribution in [2.24, 2.45) is 17.8 Å². The lowest BCUT2D eigenvalue weighted by molar-refractivity contribution is 0.348. The highest BCUT2D eigenvalue weighted by molar-refractivity contribution is 5.45. The average Bonchev–Trinajstić information content (AvgIpc) is 2.99. The number of aromatic nitrogens is 1. The molecular formula is C14H17N3. The molecule has 1 N–H and O–H groups in total. The van der Waals surface area contributed by atoms with Crippen molar-refractivity contribution in [1.82, 2.24) is 4.98 Å². The lowest BCUT2D eigenvalue weighted by Crippen LogP contribution is -2.20. The molecule has 1 aromatic heterocycles. The fourth-order valence-electron chi connectivity index (χ4n) is 3.48. The van der Waals surface area contributed by atoms with Gasteiger partial charge < -0.3 is 5.32 Å². The minimum atomic E-state index is 0.489. The molecule has 0 aliphatic heterocycles. The van der Waals surface area contributed by atoms with Gasteiger partial charge in [0.05, 0.1) is 0 Å². The van der Waals surface area contributed by atoms with Crippen LogP contribution >= 0.6 is 0 Å². The Bertz CT molecular complexity index is 449. The van der Waals surface area contributed by atoms with Crippen molar-refractivity contribution in [3.63, 3.8) is 0 Å². The number of fused-ring (bicyclic) bond motifs is 2. The van der Waals surface area contributed by atoms with Crippen molar-refractivity contribution >= 4 is 5.69 Å². The Morgan fingerprint density at radius 2 is 2.35 bits per heavy atom. The molecule has 1 heterocycles. The van der Waals surface area contributed by atoms with Gasteiger partial charge in [-0.3, -0.25) is 0 Å². The highest BCUT2D eigenvalue weighted by atomic mass is 14.9. The first-order chi connectivity index (χ1) is 8.35. The maximum atomic E-state index is 8.79.